The van der Waals surface area contributed by atoms with Crippen molar-refractivity contribution in [2.75, 3.05) is 5.73 Å². The summed E-state index contributed by atoms with van der Waals surface area (Å²) >= 11 is 0. The molecule has 0 saturated carbocycles. The molecule has 6 heteroatoms. The molecule has 0 bridgehead atoms. The van der Waals surface area contributed by atoms with E-state index in [0.717, 1.165) is 22.2 Å². The third-order valence-corrected chi connectivity index (χ3v) is 4.96. The van der Waals surface area contributed by atoms with Crippen LogP contribution in [-0.2, 0) is 7.05 Å². The molecule has 2 aromatic carbocycles. The van der Waals surface area contributed by atoms with Crippen molar-refractivity contribution >= 4 is 16.9 Å². The summed E-state index contributed by atoms with van der Waals surface area (Å²) < 4.78 is 3.86. The van der Waals surface area contributed by atoms with Crippen molar-refractivity contribution in [2.45, 2.75) is 19.8 Å². The standard InChI is InChI=1S/C21H22N4O2/c1-12(2)15-9-16(20(27)10-19(15)26)18-11-23-21(22)25(18)14-4-5-17-13(8-14)6-7-24(17)3/h4-12,26-27H,1-3H3,(H2,22,23). The number of nitrogens with zero attached hydrogens (tertiary/aromatic N) is 3. The highest BCUT2D eigenvalue weighted by Crippen LogP contribution is 2.39. The lowest BCUT2D eigenvalue weighted by Crippen LogP contribution is -2.03. The topological polar surface area (TPSA) is 89.2 Å². The maximum absolute atomic E-state index is 10.5. The SMILES string of the molecule is CC(C)c1cc(-c2cnc(N)n2-c2ccc3c(ccn3C)c2)c(O)cc1O. The number of hydrogen-bond donors (Lipinski definition) is 3. The fourth-order valence-electron chi connectivity index (χ4n) is 3.50. The highest BCUT2D eigenvalue weighted by atomic mass is 16.3. The number of benzene rings is 2. The minimum atomic E-state index is -0.0150. The van der Waals surface area contributed by atoms with Gasteiger partial charge in [-0.2, -0.15) is 0 Å². The Labute approximate surface area is 157 Å². The summed E-state index contributed by atoms with van der Waals surface area (Å²) in [7, 11) is 2.00. The number of phenols is 2. The number of aryl methyl sites for hydroxylation is 1. The molecule has 27 heavy (non-hydrogen) atoms. The van der Waals surface area contributed by atoms with Gasteiger partial charge < -0.3 is 20.5 Å². The van der Waals surface area contributed by atoms with E-state index in [1.165, 1.54) is 6.07 Å². The number of phenolic OH excluding ortho intramolecular Hbond substituents is 2. The third-order valence-electron chi connectivity index (χ3n) is 4.96. The molecule has 0 aliphatic carbocycles. The van der Waals surface area contributed by atoms with E-state index in [1.54, 1.807) is 12.3 Å². The normalized spacial score (nSPS) is 11.6. The van der Waals surface area contributed by atoms with Crippen LogP contribution in [0.4, 0.5) is 5.95 Å². The van der Waals surface area contributed by atoms with Crippen LogP contribution in [0.15, 0.2) is 48.8 Å². The van der Waals surface area contributed by atoms with Crippen LogP contribution in [-0.4, -0.2) is 24.3 Å². The first kappa shape index (κ1) is 17.0. The molecule has 0 amide bonds. The predicted molar refractivity (Wildman–Crippen MR) is 107 cm³/mol. The summed E-state index contributed by atoms with van der Waals surface area (Å²) in [5.74, 6) is 0.507. The Morgan fingerprint density at radius 2 is 1.81 bits per heavy atom. The monoisotopic (exact) mass is 362 g/mol. The van der Waals surface area contributed by atoms with Crippen molar-refractivity contribution in [3.8, 4) is 28.4 Å². The maximum Gasteiger partial charge on any atom is 0.205 e. The Kier molecular flexibility index (Phi) is 3.84. The van der Waals surface area contributed by atoms with E-state index in [9.17, 15) is 10.2 Å². The molecule has 4 rings (SSSR count). The molecular weight excluding hydrogens is 340 g/mol. The first-order chi connectivity index (χ1) is 12.9. The minimum absolute atomic E-state index is 0.0150. The first-order valence-electron chi connectivity index (χ1n) is 8.81. The van der Waals surface area contributed by atoms with Crippen LogP contribution in [0.1, 0.15) is 25.3 Å². The second kappa shape index (κ2) is 6.09. The van der Waals surface area contributed by atoms with E-state index < -0.39 is 0 Å². The Morgan fingerprint density at radius 1 is 1.04 bits per heavy atom. The van der Waals surface area contributed by atoms with E-state index in [0.29, 0.717) is 17.2 Å². The van der Waals surface area contributed by atoms with E-state index in [2.05, 4.69) is 9.55 Å². The molecule has 0 unspecified atom stereocenters. The smallest absolute Gasteiger partial charge is 0.205 e. The number of hydrogen-bond acceptors (Lipinski definition) is 4. The average Bonchev–Trinajstić information content (AvgIpc) is 3.17. The van der Waals surface area contributed by atoms with Crippen molar-refractivity contribution < 1.29 is 10.2 Å². The molecule has 0 aliphatic heterocycles. The minimum Gasteiger partial charge on any atom is -0.508 e. The van der Waals surface area contributed by atoms with E-state index in [4.69, 9.17) is 5.73 Å². The molecular formula is C21H22N4O2. The number of anilines is 1. The largest absolute Gasteiger partial charge is 0.508 e. The fourth-order valence-corrected chi connectivity index (χ4v) is 3.50. The van der Waals surface area contributed by atoms with Crippen LogP contribution in [0.25, 0.3) is 27.8 Å². The van der Waals surface area contributed by atoms with Gasteiger partial charge in [0.05, 0.1) is 11.9 Å². The fraction of sp³-hybridized carbons (Fsp3) is 0.190. The number of imidazole rings is 1. The van der Waals surface area contributed by atoms with Gasteiger partial charge in [0.25, 0.3) is 0 Å². The average molecular weight is 362 g/mol. The van der Waals surface area contributed by atoms with Gasteiger partial charge in [0.1, 0.15) is 11.5 Å². The number of aromatic nitrogens is 3. The van der Waals surface area contributed by atoms with Crippen molar-refractivity contribution in [1.82, 2.24) is 14.1 Å². The van der Waals surface area contributed by atoms with Gasteiger partial charge in [-0.3, -0.25) is 4.57 Å². The van der Waals surface area contributed by atoms with Gasteiger partial charge in [-0.05, 0) is 41.8 Å². The van der Waals surface area contributed by atoms with Crippen LogP contribution in [0.2, 0.25) is 0 Å². The molecule has 0 atom stereocenters. The Hall–Kier alpha value is -3.41. The van der Waals surface area contributed by atoms with Gasteiger partial charge in [-0.1, -0.05) is 13.8 Å². The van der Waals surface area contributed by atoms with Crippen LogP contribution in [0.3, 0.4) is 0 Å². The zero-order valence-electron chi connectivity index (χ0n) is 15.5. The molecule has 2 heterocycles. The van der Waals surface area contributed by atoms with Gasteiger partial charge >= 0.3 is 0 Å². The molecule has 0 saturated heterocycles. The number of aromatic hydroxyl groups is 2. The molecule has 0 spiro atoms. The molecule has 4 N–H and O–H groups in total. The maximum atomic E-state index is 10.5. The lowest BCUT2D eigenvalue weighted by atomic mass is 9.97. The lowest BCUT2D eigenvalue weighted by Gasteiger charge is -2.15. The first-order valence-corrected chi connectivity index (χ1v) is 8.81. The second-order valence-corrected chi connectivity index (χ2v) is 7.09. The quantitative estimate of drug-likeness (QED) is 0.511. The van der Waals surface area contributed by atoms with Crippen molar-refractivity contribution in [3.63, 3.8) is 0 Å². The summed E-state index contributed by atoms with van der Waals surface area (Å²) in [6.07, 6.45) is 3.65. The van der Waals surface area contributed by atoms with Crippen LogP contribution < -0.4 is 5.73 Å². The van der Waals surface area contributed by atoms with Crippen LogP contribution in [0.5, 0.6) is 11.5 Å². The Bertz CT molecular complexity index is 1150. The molecule has 138 valence electrons. The zero-order chi connectivity index (χ0) is 19.3. The molecule has 0 aliphatic rings. The van der Waals surface area contributed by atoms with Gasteiger partial charge in [0.2, 0.25) is 5.95 Å². The van der Waals surface area contributed by atoms with Crippen molar-refractivity contribution in [2.24, 2.45) is 7.05 Å². The van der Waals surface area contributed by atoms with E-state index >= 15 is 0 Å². The van der Waals surface area contributed by atoms with Gasteiger partial charge in [-0.25, -0.2) is 4.98 Å². The van der Waals surface area contributed by atoms with Gasteiger partial charge in [-0.15, -0.1) is 0 Å². The second-order valence-electron chi connectivity index (χ2n) is 7.09. The molecule has 4 aromatic rings. The Morgan fingerprint density at radius 3 is 2.56 bits per heavy atom. The highest BCUT2D eigenvalue weighted by molar-refractivity contribution is 5.83. The van der Waals surface area contributed by atoms with E-state index in [1.807, 2.05) is 55.9 Å². The summed E-state index contributed by atoms with van der Waals surface area (Å²) in [5.41, 5.74) is 10.1. The number of fused-ring (bicyclic) bond motifs is 1. The molecule has 0 fully saturated rings. The van der Waals surface area contributed by atoms with Crippen LogP contribution in [0, 0.1) is 0 Å². The van der Waals surface area contributed by atoms with Gasteiger partial charge in [0, 0.05) is 41.5 Å². The Balaban J connectivity index is 1.93. The van der Waals surface area contributed by atoms with Crippen LogP contribution >= 0.6 is 0 Å². The third kappa shape index (κ3) is 2.70. The van der Waals surface area contributed by atoms with Crippen molar-refractivity contribution in [1.29, 1.82) is 0 Å². The number of nitrogens with two attached hydrogens (primary N) is 1. The predicted octanol–water partition coefficient (Wildman–Crippen LogP) is 4.15. The summed E-state index contributed by atoms with van der Waals surface area (Å²) in [6.45, 7) is 3.98. The summed E-state index contributed by atoms with van der Waals surface area (Å²) in [5, 5.41) is 21.7. The van der Waals surface area contributed by atoms with E-state index in [-0.39, 0.29) is 17.4 Å². The number of rotatable bonds is 3. The van der Waals surface area contributed by atoms with Gasteiger partial charge in [0.15, 0.2) is 0 Å². The highest BCUT2D eigenvalue weighted by Gasteiger charge is 2.18. The summed E-state index contributed by atoms with van der Waals surface area (Å²) in [4.78, 5) is 4.25. The summed E-state index contributed by atoms with van der Waals surface area (Å²) in [6, 6.07) is 11.3. The molecule has 6 nitrogen and oxygen atoms in total. The molecule has 2 aromatic heterocycles. The molecule has 0 radical (unpaired) electrons. The zero-order valence-corrected chi connectivity index (χ0v) is 15.5. The van der Waals surface area contributed by atoms with Crippen molar-refractivity contribution in [3.05, 3.63) is 54.4 Å². The number of nitrogen functional groups attached to an aromatic ring is 1. The lowest BCUT2D eigenvalue weighted by molar-refractivity contribution is 0.445.